The maximum Gasteiger partial charge on any atom is 0.254 e. The first-order valence-electron chi connectivity index (χ1n) is 10.6. The third kappa shape index (κ3) is 3.16. The minimum absolute atomic E-state index is 0.00898. The Labute approximate surface area is 175 Å². The van der Waals surface area contributed by atoms with E-state index in [9.17, 15) is 9.59 Å². The van der Waals surface area contributed by atoms with Crippen LogP contribution in [0.4, 0.5) is 5.69 Å². The van der Waals surface area contributed by atoms with E-state index in [1.165, 1.54) is 5.56 Å². The number of carbonyl (C=O) groups is 2. The van der Waals surface area contributed by atoms with Crippen LogP contribution in [0, 0.1) is 12.8 Å². The first-order valence-corrected chi connectivity index (χ1v) is 10.6. The molecule has 1 fully saturated rings. The zero-order valence-electron chi connectivity index (χ0n) is 17.4. The van der Waals surface area contributed by atoms with Gasteiger partial charge in [0.1, 0.15) is 0 Å². The van der Waals surface area contributed by atoms with Gasteiger partial charge >= 0.3 is 0 Å². The van der Waals surface area contributed by atoms with Crippen LogP contribution in [-0.4, -0.2) is 32.5 Å². The number of aryl methyl sites for hydroxylation is 2. The molecule has 0 unspecified atom stereocenters. The van der Waals surface area contributed by atoms with Gasteiger partial charge in [-0.05, 0) is 68.0 Å². The van der Waals surface area contributed by atoms with Crippen LogP contribution >= 0.6 is 0 Å². The monoisotopic (exact) mass is 402 g/mol. The summed E-state index contributed by atoms with van der Waals surface area (Å²) in [5.41, 5.74) is 4.99. The van der Waals surface area contributed by atoms with Crippen LogP contribution in [0.3, 0.4) is 0 Å². The van der Waals surface area contributed by atoms with Gasteiger partial charge in [-0.15, -0.1) is 0 Å². The lowest BCUT2D eigenvalue weighted by Crippen LogP contribution is -2.40. The van der Waals surface area contributed by atoms with E-state index >= 15 is 0 Å². The van der Waals surface area contributed by atoms with Crippen molar-refractivity contribution < 1.29 is 9.59 Å². The average molecular weight is 402 g/mol. The van der Waals surface area contributed by atoms with Crippen molar-refractivity contribution in [2.24, 2.45) is 13.0 Å². The Hall–Kier alpha value is -3.15. The fourth-order valence-corrected chi connectivity index (χ4v) is 4.92. The molecular weight excluding hydrogens is 376 g/mol. The van der Waals surface area contributed by atoms with E-state index in [4.69, 9.17) is 0 Å². The first-order chi connectivity index (χ1) is 14.5. The van der Waals surface area contributed by atoms with Gasteiger partial charge in [-0.2, -0.15) is 5.10 Å². The number of nitrogens with zero attached hydrogens (tertiary/aromatic N) is 3. The van der Waals surface area contributed by atoms with Gasteiger partial charge in [0, 0.05) is 42.2 Å². The molecule has 6 nitrogen and oxygen atoms in total. The first kappa shape index (κ1) is 18.9. The Balaban J connectivity index is 1.21. The Morgan fingerprint density at radius 3 is 2.70 bits per heavy atom. The molecule has 1 saturated carbocycles. The molecule has 0 saturated heterocycles. The van der Waals surface area contributed by atoms with Crippen LogP contribution in [0.2, 0.25) is 0 Å². The molecule has 0 radical (unpaired) electrons. The van der Waals surface area contributed by atoms with Crippen LogP contribution in [0.25, 0.3) is 10.9 Å². The molecule has 1 N–H and O–H groups in total. The fourth-order valence-electron chi connectivity index (χ4n) is 4.92. The third-order valence-corrected chi connectivity index (χ3v) is 6.75. The maximum absolute atomic E-state index is 12.9. The highest BCUT2D eigenvalue weighted by molar-refractivity contribution is 5.99. The molecule has 3 aromatic rings. The molecule has 2 aliphatic rings. The van der Waals surface area contributed by atoms with Gasteiger partial charge in [-0.1, -0.05) is 12.1 Å². The van der Waals surface area contributed by atoms with Gasteiger partial charge in [0.05, 0.1) is 11.7 Å². The number of carbonyl (C=O) groups excluding carboxylic acids is 2. The smallest absolute Gasteiger partial charge is 0.254 e. The van der Waals surface area contributed by atoms with Crippen LogP contribution < -0.4 is 5.32 Å². The van der Waals surface area contributed by atoms with Crippen LogP contribution in [-0.2, 0) is 18.4 Å². The summed E-state index contributed by atoms with van der Waals surface area (Å²) in [6, 6.07) is 12.1. The van der Waals surface area contributed by atoms with Gasteiger partial charge in [0.2, 0.25) is 5.91 Å². The SMILES string of the molecule is Cc1cccc2c1CN(C1CCC(C(=O)Nc3ccc4cnn(C)c4c3)CC1)C2=O. The summed E-state index contributed by atoms with van der Waals surface area (Å²) in [7, 11) is 1.90. The zero-order chi connectivity index (χ0) is 20.8. The second-order valence-corrected chi connectivity index (χ2v) is 8.57. The highest BCUT2D eigenvalue weighted by Crippen LogP contribution is 2.34. The third-order valence-electron chi connectivity index (χ3n) is 6.75. The number of aromatic nitrogens is 2. The van der Waals surface area contributed by atoms with Crippen molar-refractivity contribution in [3.05, 3.63) is 59.3 Å². The van der Waals surface area contributed by atoms with Crippen LogP contribution in [0.5, 0.6) is 0 Å². The van der Waals surface area contributed by atoms with Crippen molar-refractivity contribution in [2.75, 3.05) is 5.32 Å². The summed E-state index contributed by atoms with van der Waals surface area (Å²) in [6.07, 6.45) is 5.18. The lowest BCUT2D eigenvalue weighted by Gasteiger charge is -2.34. The highest BCUT2D eigenvalue weighted by Gasteiger charge is 2.36. The number of fused-ring (bicyclic) bond motifs is 2. The van der Waals surface area contributed by atoms with E-state index in [1.807, 2.05) is 53.2 Å². The number of benzene rings is 2. The average Bonchev–Trinajstić information content (AvgIpc) is 3.29. The van der Waals surface area contributed by atoms with Crippen LogP contribution in [0.1, 0.15) is 47.2 Å². The largest absolute Gasteiger partial charge is 0.331 e. The van der Waals surface area contributed by atoms with Crippen molar-refractivity contribution in [1.29, 1.82) is 0 Å². The van der Waals surface area contributed by atoms with Crippen molar-refractivity contribution in [3.63, 3.8) is 0 Å². The molecule has 1 aliphatic heterocycles. The van der Waals surface area contributed by atoms with E-state index in [-0.39, 0.29) is 23.8 Å². The summed E-state index contributed by atoms with van der Waals surface area (Å²) in [5, 5.41) is 8.38. The molecular formula is C24H26N4O2. The second kappa shape index (κ2) is 7.27. The summed E-state index contributed by atoms with van der Waals surface area (Å²) in [6.45, 7) is 2.77. The molecule has 5 rings (SSSR count). The van der Waals surface area contributed by atoms with Gasteiger partial charge < -0.3 is 10.2 Å². The molecule has 2 aromatic carbocycles. The predicted octanol–water partition coefficient (Wildman–Crippen LogP) is 4.04. The van der Waals surface area contributed by atoms with Crippen molar-refractivity contribution in [2.45, 2.75) is 45.2 Å². The lowest BCUT2D eigenvalue weighted by atomic mass is 9.84. The minimum atomic E-state index is -0.00898. The van der Waals surface area contributed by atoms with Crippen LogP contribution in [0.15, 0.2) is 42.6 Å². The van der Waals surface area contributed by atoms with Gasteiger partial charge in [0.25, 0.3) is 5.91 Å². The number of nitrogens with one attached hydrogen (secondary N) is 1. The molecule has 30 heavy (non-hydrogen) atoms. The molecule has 2 heterocycles. The quantitative estimate of drug-likeness (QED) is 0.719. The molecule has 1 aliphatic carbocycles. The van der Waals surface area contributed by atoms with Gasteiger partial charge in [-0.3, -0.25) is 14.3 Å². The minimum Gasteiger partial charge on any atom is -0.331 e. The summed E-state index contributed by atoms with van der Waals surface area (Å²) in [5.74, 6) is 0.207. The van der Waals surface area contributed by atoms with Crippen molar-refractivity contribution >= 4 is 28.4 Å². The maximum atomic E-state index is 12.9. The Morgan fingerprint density at radius 2 is 1.93 bits per heavy atom. The van der Waals surface area contributed by atoms with Gasteiger partial charge in [-0.25, -0.2) is 0 Å². The Bertz CT molecular complexity index is 1140. The highest BCUT2D eigenvalue weighted by atomic mass is 16.2. The molecule has 2 amide bonds. The zero-order valence-corrected chi connectivity index (χ0v) is 17.4. The lowest BCUT2D eigenvalue weighted by molar-refractivity contribution is -0.121. The number of hydrogen-bond donors (Lipinski definition) is 1. The standard InChI is InChI=1S/C24H26N4O2/c1-15-4-3-5-20-21(15)14-28(24(20)30)19-10-7-16(8-11-19)23(29)26-18-9-6-17-13-25-27(2)22(17)12-18/h3-6,9,12-13,16,19H,7-8,10-11,14H2,1-2H3,(H,26,29). The number of anilines is 1. The molecule has 6 heteroatoms. The number of amides is 2. The fraction of sp³-hybridized carbons (Fsp3) is 0.375. The van der Waals surface area contributed by atoms with Crippen molar-refractivity contribution in [3.8, 4) is 0 Å². The molecule has 0 bridgehead atoms. The van der Waals surface area contributed by atoms with E-state index in [1.54, 1.807) is 0 Å². The molecule has 0 spiro atoms. The summed E-state index contributed by atoms with van der Waals surface area (Å²) < 4.78 is 1.81. The number of hydrogen-bond acceptors (Lipinski definition) is 3. The van der Waals surface area contributed by atoms with E-state index in [2.05, 4.69) is 23.4 Å². The predicted molar refractivity (Wildman–Crippen MR) is 116 cm³/mol. The summed E-state index contributed by atoms with van der Waals surface area (Å²) in [4.78, 5) is 27.7. The molecule has 154 valence electrons. The number of rotatable bonds is 3. The topological polar surface area (TPSA) is 67.2 Å². The Kier molecular flexibility index (Phi) is 4.57. The van der Waals surface area contributed by atoms with Gasteiger partial charge in [0.15, 0.2) is 0 Å². The normalized spacial score (nSPS) is 21.1. The van der Waals surface area contributed by atoms with E-state index in [0.29, 0.717) is 6.54 Å². The van der Waals surface area contributed by atoms with E-state index in [0.717, 1.165) is 53.4 Å². The second-order valence-electron chi connectivity index (χ2n) is 8.57. The van der Waals surface area contributed by atoms with E-state index < -0.39 is 0 Å². The molecule has 1 aromatic heterocycles. The molecule has 0 atom stereocenters. The summed E-state index contributed by atoms with van der Waals surface area (Å²) >= 11 is 0. The Morgan fingerprint density at radius 1 is 1.13 bits per heavy atom. The van der Waals surface area contributed by atoms with Crippen molar-refractivity contribution in [1.82, 2.24) is 14.7 Å².